The first-order valence-electron chi connectivity index (χ1n) is 9.84. The molecule has 0 bridgehead atoms. The molecule has 1 aromatic heterocycles. The molecule has 4 heteroatoms. The molecule has 28 heavy (non-hydrogen) atoms. The lowest BCUT2D eigenvalue weighted by Crippen LogP contribution is -2.26. The lowest BCUT2D eigenvalue weighted by molar-refractivity contribution is 0.483. The number of anilines is 1. The highest BCUT2D eigenvalue weighted by atomic mass is 127. The Labute approximate surface area is 180 Å². The van der Waals surface area contributed by atoms with Gasteiger partial charge >= 0.3 is 0 Å². The number of halogens is 1. The first kappa shape index (κ1) is 19.1. The second-order valence-corrected chi connectivity index (χ2v) is 8.94. The van der Waals surface area contributed by atoms with E-state index in [1.807, 2.05) is 30.3 Å². The van der Waals surface area contributed by atoms with E-state index >= 15 is 0 Å². The van der Waals surface area contributed by atoms with Gasteiger partial charge in [0, 0.05) is 22.4 Å². The average molecular weight is 481 g/mol. The number of fused-ring (bicyclic) bond motifs is 1. The molecule has 1 fully saturated rings. The Kier molecular flexibility index (Phi) is 6.37. The van der Waals surface area contributed by atoms with E-state index in [2.05, 4.69) is 74.3 Å². The fourth-order valence-corrected chi connectivity index (χ4v) is 4.37. The summed E-state index contributed by atoms with van der Waals surface area (Å²) >= 11 is 2.58. The van der Waals surface area contributed by atoms with Crippen LogP contribution < -0.4 is 5.32 Å². The summed E-state index contributed by atoms with van der Waals surface area (Å²) in [5.74, 6) is 0. The third kappa shape index (κ3) is 4.79. The Morgan fingerprint density at radius 3 is 2.11 bits per heavy atom. The molecule has 1 aliphatic rings. The van der Waals surface area contributed by atoms with E-state index in [4.69, 9.17) is 0 Å². The van der Waals surface area contributed by atoms with Crippen LogP contribution in [-0.4, -0.2) is 19.9 Å². The summed E-state index contributed by atoms with van der Waals surface area (Å²) in [6.45, 7) is 0. The van der Waals surface area contributed by atoms with Crippen LogP contribution in [0.3, 0.4) is 0 Å². The van der Waals surface area contributed by atoms with Gasteiger partial charge in [0.25, 0.3) is 0 Å². The zero-order valence-electron chi connectivity index (χ0n) is 15.8. The minimum absolute atomic E-state index is 0.507. The maximum absolute atomic E-state index is 4.61. The Hall–Kier alpha value is -2.21. The van der Waals surface area contributed by atoms with Gasteiger partial charge in [-0.05, 0) is 48.9 Å². The topological polar surface area (TPSA) is 37.8 Å². The van der Waals surface area contributed by atoms with Gasteiger partial charge in [-0.1, -0.05) is 77.2 Å². The molecule has 0 unspecified atom stereocenters. The normalized spacial score (nSPS) is 19.0. The second kappa shape index (κ2) is 9.32. The van der Waals surface area contributed by atoms with E-state index in [1.54, 1.807) is 12.4 Å². The van der Waals surface area contributed by atoms with Crippen LogP contribution in [0.2, 0.25) is 0 Å². The van der Waals surface area contributed by atoms with Crippen LogP contribution in [0.25, 0.3) is 22.2 Å². The van der Waals surface area contributed by atoms with Crippen LogP contribution in [0.1, 0.15) is 25.7 Å². The highest BCUT2D eigenvalue weighted by molar-refractivity contribution is 14.1. The second-order valence-electron chi connectivity index (χ2n) is 7.18. The number of nitrogens with zero attached hydrogens (tertiary/aromatic N) is 2. The predicted octanol–water partition coefficient (Wildman–Crippen LogP) is 6.58. The van der Waals surface area contributed by atoms with Gasteiger partial charge in [0.15, 0.2) is 0 Å². The highest BCUT2D eigenvalue weighted by Crippen LogP contribution is 2.32. The zero-order chi connectivity index (χ0) is 19.2. The minimum Gasteiger partial charge on any atom is -0.380 e. The maximum atomic E-state index is 4.61. The summed E-state index contributed by atoms with van der Waals surface area (Å²) < 4.78 is 0.811. The smallest absolute Gasteiger partial charge is 0.112 e. The van der Waals surface area contributed by atoms with Gasteiger partial charge in [0.05, 0.1) is 11.2 Å². The molecular formula is C24H24IN3. The van der Waals surface area contributed by atoms with E-state index in [-0.39, 0.29) is 0 Å². The standard InChI is InChI=1S/C24H24IN3/c25-20-10-12-21(13-11-20)28-23-17-19(16-22-24(23)27-15-14-26-22)18-8-6-4-2-1-3-5-7-9-18/h1-9,14-17,20-21,28H,10-13H2/t20-,21+. The third-order valence-electron chi connectivity index (χ3n) is 5.14. The monoisotopic (exact) mass is 481 g/mol. The predicted molar refractivity (Wildman–Crippen MR) is 126 cm³/mol. The fourth-order valence-electron chi connectivity index (χ4n) is 3.66. The maximum Gasteiger partial charge on any atom is 0.112 e. The summed E-state index contributed by atoms with van der Waals surface area (Å²) in [6, 6.07) is 23.5. The molecule has 0 aliphatic heterocycles. The van der Waals surface area contributed by atoms with Crippen LogP contribution in [0.4, 0.5) is 5.69 Å². The van der Waals surface area contributed by atoms with Crippen molar-refractivity contribution in [2.75, 3.05) is 5.32 Å². The summed E-state index contributed by atoms with van der Waals surface area (Å²) in [7, 11) is 0. The molecule has 0 radical (unpaired) electrons. The van der Waals surface area contributed by atoms with Crippen molar-refractivity contribution in [3.05, 3.63) is 79.1 Å². The Morgan fingerprint density at radius 2 is 1.39 bits per heavy atom. The molecule has 1 heterocycles. The van der Waals surface area contributed by atoms with Crippen molar-refractivity contribution in [3.8, 4) is 11.1 Å². The Bertz CT molecular complexity index is 970. The number of hydrogen-bond donors (Lipinski definition) is 1. The molecule has 0 amide bonds. The van der Waals surface area contributed by atoms with E-state index in [9.17, 15) is 0 Å². The number of alkyl halides is 1. The van der Waals surface area contributed by atoms with E-state index in [1.165, 1.54) is 25.7 Å². The first-order chi connectivity index (χ1) is 13.8. The Balaban J connectivity index is 1.76. The van der Waals surface area contributed by atoms with Crippen LogP contribution in [-0.2, 0) is 0 Å². The lowest BCUT2D eigenvalue weighted by atomic mass is 9.95. The minimum atomic E-state index is 0.507. The van der Waals surface area contributed by atoms with Crippen molar-refractivity contribution >= 4 is 39.3 Å². The van der Waals surface area contributed by atoms with Crippen molar-refractivity contribution in [2.24, 2.45) is 0 Å². The van der Waals surface area contributed by atoms with Gasteiger partial charge in [-0.2, -0.15) is 0 Å². The molecule has 0 spiro atoms. The summed E-state index contributed by atoms with van der Waals surface area (Å²) in [4.78, 5) is 9.19. The average Bonchev–Trinajstić information content (AvgIpc) is 2.73. The molecule has 4 rings (SSSR count). The van der Waals surface area contributed by atoms with Crippen LogP contribution in [0.5, 0.6) is 0 Å². The van der Waals surface area contributed by atoms with Gasteiger partial charge in [-0.25, -0.2) is 0 Å². The lowest BCUT2D eigenvalue weighted by Gasteiger charge is -2.27. The molecule has 1 saturated carbocycles. The van der Waals surface area contributed by atoms with Gasteiger partial charge in [-0.15, -0.1) is 0 Å². The SMILES string of the molecule is I[C@H]1CC[C@@H](Nc2cc(-c3ccccccccc3)cc3nccnc23)CC1. The molecule has 0 saturated heterocycles. The number of hydrogen-bond acceptors (Lipinski definition) is 3. The van der Waals surface area contributed by atoms with Crippen LogP contribution >= 0.6 is 22.6 Å². The van der Waals surface area contributed by atoms with Crippen molar-refractivity contribution in [1.82, 2.24) is 9.97 Å². The van der Waals surface area contributed by atoms with Crippen molar-refractivity contribution < 1.29 is 0 Å². The van der Waals surface area contributed by atoms with E-state index < -0.39 is 0 Å². The van der Waals surface area contributed by atoms with Crippen molar-refractivity contribution in [1.29, 1.82) is 0 Å². The zero-order valence-corrected chi connectivity index (χ0v) is 17.9. The van der Waals surface area contributed by atoms with E-state index in [0.717, 1.165) is 31.8 Å². The highest BCUT2D eigenvalue weighted by Gasteiger charge is 2.20. The van der Waals surface area contributed by atoms with Gasteiger partial charge in [-0.3, -0.25) is 9.97 Å². The molecule has 1 N–H and O–H groups in total. The quantitative estimate of drug-likeness (QED) is 0.339. The molecule has 0 atom stereocenters. The van der Waals surface area contributed by atoms with Crippen LogP contribution in [0.15, 0.2) is 79.1 Å². The number of benzene rings is 1. The van der Waals surface area contributed by atoms with E-state index in [0.29, 0.717) is 6.04 Å². The summed E-state index contributed by atoms with van der Waals surface area (Å²) in [6.07, 6.45) is 8.52. The molecular weight excluding hydrogens is 457 g/mol. The number of aromatic nitrogens is 2. The molecule has 2 aromatic carbocycles. The van der Waals surface area contributed by atoms with Gasteiger partial charge < -0.3 is 5.32 Å². The fraction of sp³-hybridized carbons (Fsp3) is 0.250. The summed E-state index contributed by atoms with van der Waals surface area (Å²) in [5, 5.41) is 3.77. The Morgan fingerprint density at radius 1 is 0.750 bits per heavy atom. The van der Waals surface area contributed by atoms with Crippen molar-refractivity contribution in [2.45, 2.75) is 35.6 Å². The molecule has 1 aliphatic carbocycles. The van der Waals surface area contributed by atoms with Gasteiger partial charge in [0.1, 0.15) is 5.52 Å². The van der Waals surface area contributed by atoms with Crippen LogP contribution in [0, 0.1) is 0 Å². The largest absolute Gasteiger partial charge is 0.380 e. The summed E-state index contributed by atoms with van der Waals surface area (Å²) in [5.41, 5.74) is 5.27. The molecule has 3 aromatic rings. The molecule has 3 nitrogen and oxygen atoms in total. The molecule has 142 valence electrons. The van der Waals surface area contributed by atoms with Crippen molar-refractivity contribution in [3.63, 3.8) is 0 Å². The first-order valence-corrected chi connectivity index (χ1v) is 11.1. The third-order valence-corrected chi connectivity index (χ3v) is 6.39. The van der Waals surface area contributed by atoms with Gasteiger partial charge in [0.2, 0.25) is 0 Å². The number of rotatable bonds is 3. The number of nitrogens with one attached hydrogen (secondary N) is 1.